The van der Waals surface area contributed by atoms with Crippen LogP contribution in [0.15, 0.2) is 42.5 Å². The third-order valence-corrected chi connectivity index (χ3v) is 4.09. The predicted molar refractivity (Wildman–Crippen MR) is 85.0 cm³/mol. The van der Waals surface area contributed by atoms with Crippen molar-refractivity contribution in [2.24, 2.45) is 0 Å². The quantitative estimate of drug-likeness (QED) is 0.928. The van der Waals surface area contributed by atoms with Crippen LogP contribution in [0.4, 0.5) is 10.1 Å². The summed E-state index contributed by atoms with van der Waals surface area (Å²) < 4.78 is 14.4. The lowest BCUT2D eigenvalue weighted by Gasteiger charge is -2.24. The van der Waals surface area contributed by atoms with E-state index in [-0.39, 0.29) is 5.82 Å². The Hall–Kier alpha value is -1.87. The lowest BCUT2D eigenvalue weighted by molar-refractivity contribution is 0.611. The Kier molecular flexibility index (Phi) is 4.20. The van der Waals surface area contributed by atoms with Gasteiger partial charge in [0.15, 0.2) is 0 Å². The molecule has 0 bridgehead atoms. The summed E-state index contributed by atoms with van der Waals surface area (Å²) in [4.78, 5) is 2.16. The first-order chi connectivity index (χ1) is 10.3. The fraction of sp³-hybridized carbons (Fsp3) is 0.333. The summed E-state index contributed by atoms with van der Waals surface area (Å²) in [7, 11) is 1.87. The smallest absolute Gasteiger partial charge is 0.146 e. The summed E-state index contributed by atoms with van der Waals surface area (Å²) >= 11 is 0. The Morgan fingerprint density at radius 1 is 1.14 bits per heavy atom. The molecule has 0 saturated heterocycles. The van der Waals surface area contributed by atoms with Gasteiger partial charge in [-0.2, -0.15) is 0 Å². The number of halogens is 1. The van der Waals surface area contributed by atoms with Gasteiger partial charge in [-0.1, -0.05) is 30.3 Å². The molecule has 1 aliphatic heterocycles. The molecule has 0 atom stereocenters. The number of nitrogens with one attached hydrogen (secondary N) is 1. The molecule has 3 heteroatoms. The van der Waals surface area contributed by atoms with Gasteiger partial charge in [0.05, 0.1) is 5.69 Å². The number of hydrogen-bond acceptors (Lipinski definition) is 2. The SMILES string of the molecule is CNCc1ccc(N2CCCc3ccccc3C2)c(F)c1. The van der Waals surface area contributed by atoms with Crippen LogP contribution in [0.3, 0.4) is 0 Å². The Morgan fingerprint density at radius 3 is 2.71 bits per heavy atom. The molecule has 2 aromatic rings. The highest BCUT2D eigenvalue weighted by Gasteiger charge is 2.17. The summed E-state index contributed by atoms with van der Waals surface area (Å²) in [5, 5.41) is 3.05. The molecule has 0 unspecified atom stereocenters. The van der Waals surface area contributed by atoms with Crippen LogP contribution in [0.2, 0.25) is 0 Å². The Morgan fingerprint density at radius 2 is 1.95 bits per heavy atom. The highest BCUT2D eigenvalue weighted by molar-refractivity contribution is 5.51. The van der Waals surface area contributed by atoms with Gasteiger partial charge in [0.2, 0.25) is 0 Å². The Bertz CT molecular complexity index is 624. The minimum absolute atomic E-state index is 0.123. The molecule has 2 aromatic carbocycles. The maximum absolute atomic E-state index is 14.4. The van der Waals surface area contributed by atoms with Gasteiger partial charge in [0.1, 0.15) is 5.82 Å². The van der Waals surface area contributed by atoms with Crippen molar-refractivity contribution in [3.8, 4) is 0 Å². The molecule has 1 heterocycles. The van der Waals surface area contributed by atoms with Gasteiger partial charge in [-0.05, 0) is 48.7 Å². The van der Waals surface area contributed by atoms with E-state index in [1.165, 1.54) is 11.1 Å². The average molecular weight is 284 g/mol. The normalized spacial score (nSPS) is 14.7. The second-order valence-electron chi connectivity index (χ2n) is 5.61. The zero-order valence-corrected chi connectivity index (χ0v) is 12.4. The van der Waals surface area contributed by atoms with Crippen LogP contribution in [0.1, 0.15) is 23.1 Å². The van der Waals surface area contributed by atoms with Crippen molar-refractivity contribution in [1.29, 1.82) is 0 Å². The molecule has 0 aromatic heterocycles. The number of fused-ring (bicyclic) bond motifs is 1. The lowest BCUT2D eigenvalue weighted by atomic mass is 10.0. The average Bonchev–Trinajstić information content (AvgIpc) is 2.70. The van der Waals surface area contributed by atoms with Crippen molar-refractivity contribution in [2.45, 2.75) is 25.9 Å². The minimum Gasteiger partial charge on any atom is -0.365 e. The third-order valence-electron chi connectivity index (χ3n) is 4.09. The molecular weight excluding hydrogens is 263 g/mol. The van der Waals surface area contributed by atoms with E-state index >= 15 is 0 Å². The van der Waals surface area contributed by atoms with Gasteiger partial charge in [-0.25, -0.2) is 4.39 Å². The van der Waals surface area contributed by atoms with Gasteiger partial charge in [-0.3, -0.25) is 0 Å². The zero-order chi connectivity index (χ0) is 14.7. The number of rotatable bonds is 3. The predicted octanol–water partition coefficient (Wildman–Crippen LogP) is 3.50. The maximum Gasteiger partial charge on any atom is 0.146 e. The van der Waals surface area contributed by atoms with E-state index in [2.05, 4.69) is 34.5 Å². The third kappa shape index (κ3) is 3.08. The van der Waals surface area contributed by atoms with E-state index in [1.807, 2.05) is 19.2 Å². The van der Waals surface area contributed by atoms with Crippen LogP contribution < -0.4 is 10.2 Å². The zero-order valence-electron chi connectivity index (χ0n) is 12.4. The molecule has 1 aliphatic rings. The second-order valence-corrected chi connectivity index (χ2v) is 5.61. The topological polar surface area (TPSA) is 15.3 Å². The summed E-state index contributed by atoms with van der Waals surface area (Å²) in [5.41, 5.74) is 4.40. The van der Waals surface area contributed by atoms with E-state index < -0.39 is 0 Å². The lowest BCUT2D eigenvalue weighted by Crippen LogP contribution is -2.23. The molecule has 2 nitrogen and oxygen atoms in total. The van der Waals surface area contributed by atoms with Gasteiger partial charge in [0.25, 0.3) is 0 Å². The second kappa shape index (κ2) is 6.27. The van der Waals surface area contributed by atoms with Gasteiger partial charge in [-0.15, -0.1) is 0 Å². The van der Waals surface area contributed by atoms with Gasteiger partial charge < -0.3 is 10.2 Å². The van der Waals surface area contributed by atoms with E-state index in [1.54, 1.807) is 6.07 Å². The van der Waals surface area contributed by atoms with Crippen LogP contribution in [0.25, 0.3) is 0 Å². The van der Waals surface area contributed by atoms with E-state index in [4.69, 9.17) is 0 Å². The molecule has 3 rings (SSSR count). The summed E-state index contributed by atoms with van der Waals surface area (Å²) in [6, 6.07) is 14.0. The number of hydrogen-bond donors (Lipinski definition) is 1. The molecule has 0 radical (unpaired) electrons. The molecule has 110 valence electrons. The number of anilines is 1. The molecular formula is C18H21FN2. The largest absolute Gasteiger partial charge is 0.365 e. The first-order valence-electron chi connectivity index (χ1n) is 7.52. The van der Waals surface area contributed by atoms with Crippen molar-refractivity contribution < 1.29 is 4.39 Å². The van der Waals surface area contributed by atoms with E-state index in [9.17, 15) is 4.39 Å². The van der Waals surface area contributed by atoms with Crippen LogP contribution in [0.5, 0.6) is 0 Å². The van der Waals surface area contributed by atoms with Gasteiger partial charge in [0, 0.05) is 19.6 Å². The fourth-order valence-corrected chi connectivity index (χ4v) is 3.03. The minimum atomic E-state index is -0.123. The molecule has 0 saturated carbocycles. The van der Waals surface area contributed by atoms with Crippen molar-refractivity contribution in [3.05, 3.63) is 65.0 Å². The Labute approximate surface area is 125 Å². The fourth-order valence-electron chi connectivity index (χ4n) is 3.03. The standard InChI is InChI=1S/C18H21FN2/c1-20-12-14-8-9-18(17(19)11-14)21-10-4-7-15-5-2-3-6-16(15)13-21/h2-3,5-6,8-9,11,20H,4,7,10,12-13H2,1H3. The van der Waals surface area contributed by atoms with Crippen LogP contribution in [0, 0.1) is 5.82 Å². The first kappa shape index (κ1) is 14.1. The van der Waals surface area contributed by atoms with Crippen LogP contribution >= 0.6 is 0 Å². The summed E-state index contributed by atoms with van der Waals surface area (Å²) in [6.07, 6.45) is 2.14. The Balaban J connectivity index is 1.87. The summed E-state index contributed by atoms with van der Waals surface area (Å²) in [5.74, 6) is -0.123. The molecule has 0 amide bonds. The van der Waals surface area contributed by atoms with Crippen molar-refractivity contribution >= 4 is 5.69 Å². The van der Waals surface area contributed by atoms with E-state index in [0.717, 1.165) is 31.5 Å². The van der Waals surface area contributed by atoms with Crippen LogP contribution in [-0.2, 0) is 19.5 Å². The van der Waals surface area contributed by atoms with Crippen LogP contribution in [-0.4, -0.2) is 13.6 Å². The molecule has 21 heavy (non-hydrogen) atoms. The highest BCUT2D eigenvalue weighted by atomic mass is 19.1. The number of benzene rings is 2. The highest BCUT2D eigenvalue weighted by Crippen LogP contribution is 2.26. The molecule has 0 fully saturated rings. The number of nitrogens with zero attached hydrogens (tertiary/aromatic N) is 1. The number of aryl methyl sites for hydroxylation is 1. The molecule has 0 spiro atoms. The van der Waals surface area contributed by atoms with Crippen molar-refractivity contribution in [2.75, 3.05) is 18.5 Å². The van der Waals surface area contributed by atoms with Crippen molar-refractivity contribution in [3.63, 3.8) is 0 Å². The first-order valence-corrected chi connectivity index (χ1v) is 7.52. The molecule has 0 aliphatic carbocycles. The maximum atomic E-state index is 14.4. The monoisotopic (exact) mass is 284 g/mol. The van der Waals surface area contributed by atoms with E-state index in [0.29, 0.717) is 12.2 Å². The molecule has 1 N–H and O–H groups in total. The van der Waals surface area contributed by atoms with Crippen molar-refractivity contribution in [1.82, 2.24) is 5.32 Å². The summed E-state index contributed by atoms with van der Waals surface area (Å²) in [6.45, 7) is 2.38. The van der Waals surface area contributed by atoms with Gasteiger partial charge >= 0.3 is 0 Å².